The largest absolute Gasteiger partial charge is 0.368 e. The Labute approximate surface area is 191 Å². The number of H-pyrrole nitrogens is 1. The van der Waals surface area contributed by atoms with Crippen LogP contribution in [0.4, 0.5) is 5.82 Å². The zero-order valence-corrected chi connectivity index (χ0v) is 17.9. The van der Waals surface area contributed by atoms with Crippen molar-refractivity contribution in [1.29, 1.82) is 0 Å². The molecule has 3 heterocycles. The van der Waals surface area contributed by atoms with Gasteiger partial charge < -0.3 is 15.2 Å². The van der Waals surface area contributed by atoms with Gasteiger partial charge in [0.05, 0.1) is 5.39 Å². The first-order valence-corrected chi connectivity index (χ1v) is 10.7. The summed E-state index contributed by atoms with van der Waals surface area (Å²) < 4.78 is 9.94. The van der Waals surface area contributed by atoms with Crippen molar-refractivity contribution in [3.8, 4) is 11.4 Å². The lowest BCUT2D eigenvalue weighted by atomic mass is 10.2. The molecule has 5 rings (SSSR count). The van der Waals surface area contributed by atoms with E-state index in [0.717, 1.165) is 10.9 Å². The van der Waals surface area contributed by atoms with Gasteiger partial charge in [-0.15, -0.1) is 0 Å². The minimum Gasteiger partial charge on any atom is -0.368 e. The molecule has 3 N–H and O–H groups in total. The molecule has 0 radical (unpaired) electrons. The standard InChI is InChI=1S/C22H20N8O4/c31-18(23-10-3-11-24-21-14-4-1-2-5-15(14)22(32)27-26-21)8-9-19-25-20(30-33-19)13-6-7-16-17(12-13)29-34-28-16/h1-2,4-7,12H,3,8-11H2,(H,23,31)(H,24,26)(H,27,32). The number of carbonyl (C=O) groups excluding carboxylic acids is 1. The third-order valence-corrected chi connectivity index (χ3v) is 5.21. The van der Waals surface area contributed by atoms with Crippen molar-refractivity contribution >= 4 is 33.5 Å². The van der Waals surface area contributed by atoms with Crippen LogP contribution < -0.4 is 16.2 Å². The molecule has 12 heteroatoms. The van der Waals surface area contributed by atoms with Gasteiger partial charge in [0.25, 0.3) is 5.56 Å². The molecule has 0 unspecified atom stereocenters. The molecule has 0 aliphatic rings. The molecule has 0 aliphatic heterocycles. The van der Waals surface area contributed by atoms with Crippen LogP contribution in [0.2, 0.25) is 0 Å². The molecule has 0 saturated carbocycles. The highest BCUT2D eigenvalue weighted by Gasteiger charge is 2.12. The average molecular weight is 460 g/mol. The van der Waals surface area contributed by atoms with Gasteiger partial charge in [0.2, 0.25) is 17.6 Å². The van der Waals surface area contributed by atoms with Crippen molar-refractivity contribution in [2.24, 2.45) is 0 Å². The predicted octanol–water partition coefficient (Wildman–Crippen LogP) is 2.06. The molecule has 172 valence electrons. The van der Waals surface area contributed by atoms with Crippen LogP contribution >= 0.6 is 0 Å². The fourth-order valence-corrected chi connectivity index (χ4v) is 3.48. The number of aromatic nitrogens is 6. The van der Waals surface area contributed by atoms with E-state index in [-0.39, 0.29) is 17.9 Å². The molecule has 5 aromatic rings. The lowest BCUT2D eigenvalue weighted by molar-refractivity contribution is -0.121. The fraction of sp³-hybridized carbons (Fsp3) is 0.227. The maximum Gasteiger partial charge on any atom is 0.272 e. The quantitative estimate of drug-likeness (QED) is 0.277. The number of nitrogens with zero attached hydrogens (tertiary/aromatic N) is 5. The van der Waals surface area contributed by atoms with E-state index < -0.39 is 0 Å². The molecule has 0 fully saturated rings. The Morgan fingerprint density at radius 1 is 1.00 bits per heavy atom. The van der Waals surface area contributed by atoms with Gasteiger partial charge in [-0.2, -0.15) is 10.1 Å². The van der Waals surface area contributed by atoms with Gasteiger partial charge in [-0.1, -0.05) is 23.4 Å². The van der Waals surface area contributed by atoms with Gasteiger partial charge in [-0.05, 0) is 41.0 Å². The summed E-state index contributed by atoms with van der Waals surface area (Å²) in [4.78, 5) is 28.3. The van der Waals surface area contributed by atoms with Crippen molar-refractivity contribution in [2.45, 2.75) is 19.3 Å². The maximum atomic E-state index is 12.2. The predicted molar refractivity (Wildman–Crippen MR) is 122 cm³/mol. The first-order valence-electron chi connectivity index (χ1n) is 10.7. The summed E-state index contributed by atoms with van der Waals surface area (Å²) >= 11 is 0. The topological polar surface area (TPSA) is 165 Å². The fourth-order valence-electron chi connectivity index (χ4n) is 3.48. The number of hydrogen-bond donors (Lipinski definition) is 3. The van der Waals surface area contributed by atoms with Crippen molar-refractivity contribution in [3.63, 3.8) is 0 Å². The number of carbonyl (C=O) groups is 1. The zero-order valence-electron chi connectivity index (χ0n) is 17.9. The Balaban J connectivity index is 1.06. The average Bonchev–Trinajstić information content (AvgIpc) is 3.53. The Bertz CT molecular complexity index is 1510. The normalized spacial score (nSPS) is 11.2. The monoisotopic (exact) mass is 460 g/mol. The Hall–Kier alpha value is -4.61. The number of benzene rings is 2. The van der Waals surface area contributed by atoms with Crippen LogP contribution in [0, 0.1) is 0 Å². The number of hydrogen-bond acceptors (Lipinski definition) is 10. The Kier molecular flexibility index (Phi) is 5.93. The second-order valence-electron chi connectivity index (χ2n) is 7.56. The molecule has 2 aromatic carbocycles. The highest BCUT2D eigenvalue weighted by Crippen LogP contribution is 2.20. The molecule has 0 atom stereocenters. The van der Waals surface area contributed by atoms with Crippen LogP contribution in [0.3, 0.4) is 0 Å². The van der Waals surface area contributed by atoms with E-state index in [9.17, 15) is 9.59 Å². The van der Waals surface area contributed by atoms with E-state index in [2.05, 4.69) is 45.9 Å². The summed E-state index contributed by atoms with van der Waals surface area (Å²) in [6.07, 6.45) is 1.25. The number of fused-ring (bicyclic) bond motifs is 2. The van der Waals surface area contributed by atoms with Crippen molar-refractivity contribution < 1.29 is 13.9 Å². The highest BCUT2D eigenvalue weighted by atomic mass is 16.6. The first-order chi connectivity index (χ1) is 16.7. The molecular formula is C22H20N8O4. The van der Waals surface area contributed by atoms with E-state index in [0.29, 0.717) is 59.9 Å². The lowest BCUT2D eigenvalue weighted by Crippen LogP contribution is -2.26. The lowest BCUT2D eigenvalue weighted by Gasteiger charge is -2.08. The summed E-state index contributed by atoms with van der Waals surface area (Å²) in [6.45, 7) is 1.08. The third kappa shape index (κ3) is 4.60. The van der Waals surface area contributed by atoms with Crippen molar-refractivity contribution in [1.82, 2.24) is 36.0 Å². The number of nitrogens with one attached hydrogen (secondary N) is 3. The number of anilines is 1. The summed E-state index contributed by atoms with van der Waals surface area (Å²) in [6, 6.07) is 12.6. The number of aromatic amines is 1. The SMILES string of the molecule is O=C(CCc1nc(-c2ccc3nonc3c2)no1)NCCCNc1n[nH]c(=O)c2ccccc12. The second kappa shape index (κ2) is 9.48. The smallest absolute Gasteiger partial charge is 0.272 e. The molecule has 0 bridgehead atoms. The Morgan fingerprint density at radius 3 is 2.76 bits per heavy atom. The summed E-state index contributed by atoms with van der Waals surface area (Å²) in [5.74, 6) is 1.28. The first kappa shape index (κ1) is 21.2. The van der Waals surface area contributed by atoms with Crippen molar-refractivity contribution in [2.75, 3.05) is 18.4 Å². The molecule has 0 saturated heterocycles. The number of rotatable bonds is 9. The van der Waals surface area contributed by atoms with E-state index in [1.165, 1.54) is 0 Å². The second-order valence-corrected chi connectivity index (χ2v) is 7.56. The van der Waals surface area contributed by atoms with E-state index in [1.807, 2.05) is 12.1 Å². The van der Waals surface area contributed by atoms with E-state index in [1.54, 1.807) is 30.3 Å². The molecule has 12 nitrogen and oxygen atoms in total. The molecular weight excluding hydrogens is 440 g/mol. The summed E-state index contributed by atoms with van der Waals surface area (Å²) in [5, 5.41) is 25.5. The zero-order chi connectivity index (χ0) is 23.3. The van der Waals surface area contributed by atoms with Gasteiger partial charge in [0.1, 0.15) is 11.0 Å². The minimum absolute atomic E-state index is 0.109. The summed E-state index contributed by atoms with van der Waals surface area (Å²) in [5.41, 5.74) is 1.74. The molecule has 0 spiro atoms. The number of aryl methyl sites for hydroxylation is 1. The number of amides is 1. The minimum atomic E-state index is -0.227. The van der Waals surface area contributed by atoms with E-state index >= 15 is 0 Å². The highest BCUT2D eigenvalue weighted by molar-refractivity contribution is 5.90. The molecule has 34 heavy (non-hydrogen) atoms. The van der Waals surface area contributed by atoms with Gasteiger partial charge in [0, 0.05) is 36.9 Å². The molecule has 0 aliphatic carbocycles. The van der Waals surface area contributed by atoms with Gasteiger partial charge in [-0.3, -0.25) is 9.59 Å². The van der Waals surface area contributed by atoms with Crippen LogP contribution in [0.15, 0.2) is 56.4 Å². The molecule has 1 amide bonds. The summed E-state index contributed by atoms with van der Waals surface area (Å²) in [7, 11) is 0. The van der Waals surface area contributed by atoms with Crippen LogP contribution in [-0.2, 0) is 11.2 Å². The van der Waals surface area contributed by atoms with E-state index in [4.69, 9.17) is 4.52 Å². The van der Waals surface area contributed by atoms with Crippen LogP contribution in [0.5, 0.6) is 0 Å². The van der Waals surface area contributed by atoms with Crippen LogP contribution in [0.25, 0.3) is 33.2 Å². The third-order valence-electron chi connectivity index (χ3n) is 5.21. The van der Waals surface area contributed by atoms with Gasteiger partial charge in [-0.25, -0.2) is 9.73 Å². The van der Waals surface area contributed by atoms with Crippen molar-refractivity contribution in [3.05, 3.63) is 58.7 Å². The van der Waals surface area contributed by atoms with Crippen LogP contribution in [0.1, 0.15) is 18.7 Å². The van der Waals surface area contributed by atoms with Gasteiger partial charge in [0.15, 0.2) is 5.82 Å². The van der Waals surface area contributed by atoms with Crippen LogP contribution in [-0.4, -0.2) is 49.6 Å². The molecule has 3 aromatic heterocycles. The Morgan fingerprint density at radius 2 is 1.85 bits per heavy atom. The maximum absolute atomic E-state index is 12.2. The van der Waals surface area contributed by atoms with Gasteiger partial charge >= 0.3 is 0 Å².